The van der Waals surface area contributed by atoms with Crippen LogP contribution >= 0.6 is 15.9 Å². The van der Waals surface area contributed by atoms with Crippen molar-refractivity contribution in [2.75, 3.05) is 19.8 Å². The SMILES string of the molecule is C[C@@H]1Oc2ccc(Br)cc2[C@@]2(COC(N(C(=O)OC(C)(C)C)C(=O)OC(C)(C)C)=N2)C12COC2. The molecule has 186 valence electrons. The second-order valence-corrected chi connectivity index (χ2v) is 11.8. The zero-order chi connectivity index (χ0) is 25.1. The standard InChI is InChI=1S/C24H31BrN2O7/c1-14-23(11-30-12-23)24(16-10-15(25)8-9-17(16)32-14)13-31-18(26-24)27(19(28)33-21(2,3)4)20(29)34-22(5,6)7/h8-10,14H,11-13H2,1-7H3/t14-,24-/m0/s1. The van der Waals surface area contributed by atoms with Gasteiger partial charge in [0.05, 0.1) is 18.6 Å². The fraction of sp³-hybridized carbons (Fsp3) is 0.625. The number of amides is 2. The van der Waals surface area contributed by atoms with Gasteiger partial charge in [-0.05, 0) is 66.7 Å². The van der Waals surface area contributed by atoms with Gasteiger partial charge in [0, 0.05) is 10.0 Å². The molecule has 2 atom stereocenters. The van der Waals surface area contributed by atoms with Gasteiger partial charge in [0.2, 0.25) is 0 Å². The molecule has 0 N–H and O–H groups in total. The molecule has 10 heteroatoms. The van der Waals surface area contributed by atoms with E-state index >= 15 is 0 Å². The lowest BCUT2D eigenvalue weighted by Gasteiger charge is -2.56. The molecule has 9 nitrogen and oxygen atoms in total. The average Bonchev–Trinajstić information content (AvgIpc) is 3.04. The molecule has 0 bridgehead atoms. The van der Waals surface area contributed by atoms with Crippen molar-refractivity contribution in [3.8, 4) is 5.75 Å². The van der Waals surface area contributed by atoms with Crippen LogP contribution in [0.15, 0.2) is 27.7 Å². The molecule has 34 heavy (non-hydrogen) atoms. The van der Waals surface area contributed by atoms with Crippen molar-refractivity contribution < 1.29 is 33.3 Å². The van der Waals surface area contributed by atoms with Crippen LogP contribution in [-0.4, -0.2) is 60.2 Å². The molecule has 2 spiro atoms. The van der Waals surface area contributed by atoms with E-state index in [1.54, 1.807) is 41.5 Å². The number of benzene rings is 1. The molecule has 1 aromatic carbocycles. The van der Waals surface area contributed by atoms with Crippen LogP contribution in [0.2, 0.25) is 0 Å². The molecule has 0 aromatic heterocycles. The minimum absolute atomic E-state index is 0.102. The minimum Gasteiger partial charge on any atom is -0.489 e. The molecule has 3 heterocycles. The molecule has 1 fully saturated rings. The van der Waals surface area contributed by atoms with Crippen LogP contribution in [-0.2, 0) is 24.5 Å². The molecular weight excluding hydrogens is 508 g/mol. The van der Waals surface area contributed by atoms with Crippen molar-refractivity contribution >= 4 is 34.1 Å². The van der Waals surface area contributed by atoms with E-state index in [2.05, 4.69) is 15.9 Å². The fourth-order valence-corrected chi connectivity index (χ4v) is 4.74. The molecule has 1 saturated heterocycles. The topological polar surface area (TPSA) is 95.9 Å². The first-order chi connectivity index (χ1) is 15.7. The van der Waals surface area contributed by atoms with Crippen molar-refractivity contribution in [3.05, 3.63) is 28.2 Å². The van der Waals surface area contributed by atoms with Gasteiger partial charge in [-0.3, -0.25) is 0 Å². The van der Waals surface area contributed by atoms with Crippen LogP contribution in [0.1, 0.15) is 54.0 Å². The normalized spacial score (nSPS) is 24.9. The summed E-state index contributed by atoms with van der Waals surface area (Å²) in [6.45, 7) is 13.2. The fourth-order valence-electron chi connectivity index (χ4n) is 4.38. The number of carbonyl (C=O) groups is 2. The second kappa shape index (κ2) is 8.12. The van der Waals surface area contributed by atoms with Crippen LogP contribution < -0.4 is 4.74 Å². The zero-order valence-electron chi connectivity index (χ0n) is 20.6. The number of ether oxygens (including phenoxy) is 5. The maximum atomic E-state index is 13.1. The Hall–Kier alpha value is -2.33. The van der Waals surface area contributed by atoms with E-state index in [9.17, 15) is 9.59 Å². The van der Waals surface area contributed by atoms with Gasteiger partial charge in [-0.25, -0.2) is 14.6 Å². The average molecular weight is 539 g/mol. The van der Waals surface area contributed by atoms with Gasteiger partial charge in [0.1, 0.15) is 35.2 Å². The van der Waals surface area contributed by atoms with Crippen molar-refractivity contribution in [2.24, 2.45) is 10.4 Å². The van der Waals surface area contributed by atoms with Gasteiger partial charge in [-0.15, -0.1) is 4.90 Å². The van der Waals surface area contributed by atoms with Crippen molar-refractivity contribution in [1.29, 1.82) is 0 Å². The number of carbonyl (C=O) groups excluding carboxylic acids is 2. The van der Waals surface area contributed by atoms with Gasteiger partial charge >= 0.3 is 18.2 Å². The first-order valence-electron chi connectivity index (χ1n) is 11.2. The van der Waals surface area contributed by atoms with E-state index in [1.165, 1.54) is 0 Å². The summed E-state index contributed by atoms with van der Waals surface area (Å²) in [7, 11) is 0. The number of imide groups is 1. The van der Waals surface area contributed by atoms with E-state index in [-0.39, 0.29) is 18.7 Å². The van der Waals surface area contributed by atoms with E-state index in [0.717, 1.165) is 14.9 Å². The molecule has 0 radical (unpaired) electrons. The van der Waals surface area contributed by atoms with Crippen molar-refractivity contribution in [2.45, 2.75) is 71.3 Å². The van der Waals surface area contributed by atoms with Crippen LogP contribution in [0.25, 0.3) is 0 Å². The Morgan fingerprint density at radius 2 is 1.65 bits per heavy atom. The third kappa shape index (κ3) is 4.15. The van der Waals surface area contributed by atoms with Gasteiger partial charge in [-0.1, -0.05) is 15.9 Å². The highest BCUT2D eigenvalue weighted by Crippen LogP contribution is 2.59. The third-order valence-electron chi connectivity index (χ3n) is 6.05. The summed E-state index contributed by atoms with van der Waals surface area (Å²) in [5.74, 6) is 0.669. The lowest BCUT2D eigenvalue weighted by Crippen LogP contribution is -2.66. The number of nitrogens with zero attached hydrogens (tertiary/aromatic N) is 2. The Kier molecular flexibility index (Phi) is 5.92. The molecule has 3 aliphatic rings. The van der Waals surface area contributed by atoms with Crippen LogP contribution in [0, 0.1) is 5.41 Å². The maximum Gasteiger partial charge on any atom is 0.428 e. The van der Waals surface area contributed by atoms with E-state index in [1.807, 2.05) is 25.1 Å². The van der Waals surface area contributed by atoms with E-state index in [4.69, 9.17) is 28.7 Å². The monoisotopic (exact) mass is 538 g/mol. The van der Waals surface area contributed by atoms with Gasteiger partial charge < -0.3 is 23.7 Å². The predicted molar refractivity (Wildman–Crippen MR) is 127 cm³/mol. The number of aliphatic imine (C=N–C) groups is 1. The maximum absolute atomic E-state index is 13.1. The number of amidine groups is 1. The first kappa shape index (κ1) is 24.8. The van der Waals surface area contributed by atoms with Crippen LogP contribution in [0.5, 0.6) is 5.75 Å². The van der Waals surface area contributed by atoms with Crippen LogP contribution in [0.4, 0.5) is 9.59 Å². The smallest absolute Gasteiger partial charge is 0.428 e. The highest BCUT2D eigenvalue weighted by molar-refractivity contribution is 9.10. The molecule has 2 amide bonds. The quantitative estimate of drug-likeness (QED) is 0.458. The Morgan fingerprint density at radius 1 is 1.06 bits per heavy atom. The Morgan fingerprint density at radius 3 is 2.15 bits per heavy atom. The molecule has 3 aliphatic heterocycles. The van der Waals surface area contributed by atoms with E-state index < -0.39 is 34.3 Å². The Labute approximate surface area is 207 Å². The molecular formula is C24H31BrN2O7. The summed E-state index contributed by atoms with van der Waals surface area (Å²) < 4.78 is 29.7. The summed E-state index contributed by atoms with van der Waals surface area (Å²) in [5, 5.41) is 0. The van der Waals surface area contributed by atoms with Crippen LogP contribution in [0.3, 0.4) is 0 Å². The molecule has 1 aromatic rings. The minimum atomic E-state index is -0.931. The van der Waals surface area contributed by atoms with Gasteiger partial charge in [0.25, 0.3) is 0 Å². The van der Waals surface area contributed by atoms with Gasteiger partial charge in [-0.2, -0.15) is 0 Å². The predicted octanol–water partition coefficient (Wildman–Crippen LogP) is 5.00. The Bertz CT molecular complexity index is 1010. The number of hydrogen-bond donors (Lipinski definition) is 0. The summed E-state index contributed by atoms with van der Waals surface area (Å²) in [6, 6.07) is 5.53. The highest BCUT2D eigenvalue weighted by atomic mass is 79.9. The summed E-state index contributed by atoms with van der Waals surface area (Å²) >= 11 is 3.54. The largest absolute Gasteiger partial charge is 0.489 e. The summed E-state index contributed by atoms with van der Waals surface area (Å²) in [4.78, 5) is 31.9. The number of fused-ring (bicyclic) bond motifs is 3. The molecule has 0 saturated carbocycles. The number of hydrogen-bond acceptors (Lipinski definition) is 8. The summed E-state index contributed by atoms with van der Waals surface area (Å²) in [5.41, 5.74) is -2.36. The second-order valence-electron chi connectivity index (χ2n) is 10.9. The van der Waals surface area contributed by atoms with Gasteiger partial charge in [0.15, 0.2) is 0 Å². The lowest BCUT2D eigenvalue weighted by molar-refractivity contribution is -0.211. The molecule has 0 aliphatic carbocycles. The van der Waals surface area contributed by atoms with Crippen molar-refractivity contribution in [3.63, 3.8) is 0 Å². The number of rotatable bonds is 0. The highest BCUT2D eigenvalue weighted by Gasteiger charge is 2.67. The summed E-state index contributed by atoms with van der Waals surface area (Å²) in [6.07, 6.45) is -2.09. The lowest BCUT2D eigenvalue weighted by atomic mass is 9.60. The number of halogens is 1. The Balaban J connectivity index is 1.83. The zero-order valence-corrected chi connectivity index (χ0v) is 22.1. The van der Waals surface area contributed by atoms with E-state index in [0.29, 0.717) is 19.0 Å². The third-order valence-corrected chi connectivity index (χ3v) is 6.55. The first-order valence-corrected chi connectivity index (χ1v) is 12.0. The molecule has 4 rings (SSSR count). The molecule has 0 unspecified atom stereocenters. The van der Waals surface area contributed by atoms with Crippen molar-refractivity contribution in [1.82, 2.24) is 4.90 Å².